The molecule has 0 radical (unpaired) electrons. The van der Waals surface area contributed by atoms with Gasteiger partial charge in [0, 0.05) is 25.4 Å². The summed E-state index contributed by atoms with van der Waals surface area (Å²) in [5, 5.41) is 3.43. The van der Waals surface area contributed by atoms with Gasteiger partial charge in [-0.25, -0.2) is 0 Å². The monoisotopic (exact) mass is 243 g/mol. The Morgan fingerprint density at radius 1 is 1.50 bits per heavy atom. The van der Waals surface area contributed by atoms with Crippen molar-refractivity contribution in [1.29, 1.82) is 0 Å². The maximum absolute atomic E-state index is 5.87. The molecule has 1 aromatic rings. The van der Waals surface area contributed by atoms with Gasteiger partial charge in [-0.1, -0.05) is 12.1 Å². The third-order valence-electron chi connectivity index (χ3n) is 3.21. The number of ether oxygens (including phenoxy) is 1. The summed E-state index contributed by atoms with van der Waals surface area (Å²) in [6.07, 6.45) is 7.04. The Morgan fingerprint density at radius 3 is 3.00 bits per heavy atom. The lowest BCUT2D eigenvalue weighted by Gasteiger charge is -2.16. The zero-order chi connectivity index (χ0) is 13.2. The average Bonchev–Trinajstić information content (AvgIpc) is 2.59. The molecule has 2 heteroatoms. The number of fused-ring (bicyclic) bond motifs is 1. The first-order chi connectivity index (χ1) is 8.50. The Morgan fingerprint density at radius 2 is 2.28 bits per heavy atom. The minimum Gasteiger partial charge on any atom is -0.487 e. The summed E-state index contributed by atoms with van der Waals surface area (Å²) >= 11 is 0. The molecule has 1 heterocycles. The lowest BCUT2D eigenvalue weighted by molar-refractivity contribution is 0.138. The van der Waals surface area contributed by atoms with Gasteiger partial charge in [0.25, 0.3) is 0 Å². The molecule has 0 saturated carbocycles. The molecule has 1 N–H and O–H groups in total. The molecule has 0 aromatic heterocycles. The highest BCUT2D eigenvalue weighted by atomic mass is 16.5. The Bertz CT molecular complexity index is 470. The molecular formula is C16H21NO. The van der Waals surface area contributed by atoms with Crippen molar-refractivity contribution in [3.63, 3.8) is 0 Å². The van der Waals surface area contributed by atoms with Crippen molar-refractivity contribution in [3.8, 4) is 18.1 Å². The van der Waals surface area contributed by atoms with E-state index in [0.717, 1.165) is 25.1 Å². The summed E-state index contributed by atoms with van der Waals surface area (Å²) in [5.74, 6) is 3.70. The van der Waals surface area contributed by atoms with Crippen molar-refractivity contribution in [3.05, 3.63) is 29.3 Å². The van der Waals surface area contributed by atoms with Crippen LogP contribution in [0.5, 0.6) is 5.75 Å². The van der Waals surface area contributed by atoms with Crippen LogP contribution in [0.2, 0.25) is 0 Å². The second kappa shape index (κ2) is 5.04. The minimum atomic E-state index is -0.0643. The SMILES string of the molecule is C#CCC(C)NCc1ccc2c(c1)CC(C)(C)O2. The van der Waals surface area contributed by atoms with Gasteiger partial charge in [0.1, 0.15) is 11.4 Å². The molecule has 1 aromatic carbocycles. The molecule has 96 valence electrons. The lowest BCUT2D eigenvalue weighted by atomic mass is 10.00. The van der Waals surface area contributed by atoms with Crippen LogP contribution in [0, 0.1) is 12.3 Å². The van der Waals surface area contributed by atoms with Gasteiger partial charge in [-0.3, -0.25) is 0 Å². The van der Waals surface area contributed by atoms with E-state index in [1.807, 2.05) is 0 Å². The third-order valence-corrected chi connectivity index (χ3v) is 3.21. The lowest BCUT2D eigenvalue weighted by Crippen LogP contribution is -2.25. The fourth-order valence-electron chi connectivity index (χ4n) is 2.31. The van der Waals surface area contributed by atoms with E-state index in [0.29, 0.717) is 6.04 Å². The summed E-state index contributed by atoms with van der Waals surface area (Å²) in [6, 6.07) is 6.79. The van der Waals surface area contributed by atoms with Gasteiger partial charge in [0.2, 0.25) is 0 Å². The molecule has 0 saturated heterocycles. The molecule has 2 rings (SSSR count). The summed E-state index contributed by atoms with van der Waals surface area (Å²) < 4.78 is 5.87. The third kappa shape index (κ3) is 3.05. The van der Waals surface area contributed by atoms with Gasteiger partial charge >= 0.3 is 0 Å². The summed E-state index contributed by atoms with van der Waals surface area (Å²) in [6.45, 7) is 7.22. The minimum absolute atomic E-state index is 0.0643. The fraction of sp³-hybridized carbons (Fsp3) is 0.500. The molecule has 1 unspecified atom stereocenters. The maximum Gasteiger partial charge on any atom is 0.123 e. The number of rotatable bonds is 4. The number of terminal acetylenes is 1. The van der Waals surface area contributed by atoms with Gasteiger partial charge in [0.05, 0.1) is 0 Å². The Hall–Kier alpha value is -1.46. The smallest absolute Gasteiger partial charge is 0.123 e. The van der Waals surface area contributed by atoms with Crippen molar-refractivity contribution in [2.24, 2.45) is 0 Å². The summed E-state index contributed by atoms with van der Waals surface area (Å²) in [7, 11) is 0. The maximum atomic E-state index is 5.87. The summed E-state index contributed by atoms with van der Waals surface area (Å²) in [5.41, 5.74) is 2.54. The zero-order valence-corrected chi connectivity index (χ0v) is 11.4. The number of benzene rings is 1. The first-order valence-electron chi connectivity index (χ1n) is 6.48. The predicted octanol–water partition coefficient (Wildman–Crippen LogP) is 2.90. The van der Waals surface area contributed by atoms with Gasteiger partial charge in [-0.15, -0.1) is 12.3 Å². The molecule has 1 atom stereocenters. The van der Waals surface area contributed by atoms with Crippen LogP contribution in [-0.4, -0.2) is 11.6 Å². The molecule has 2 nitrogen and oxygen atoms in total. The zero-order valence-electron chi connectivity index (χ0n) is 11.4. The van der Waals surface area contributed by atoms with Crippen LogP contribution in [0.25, 0.3) is 0 Å². The number of nitrogens with one attached hydrogen (secondary N) is 1. The highest BCUT2D eigenvalue weighted by molar-refractivity contribution is 5.41. The van der Waals surface area contributed by atoms with E-state index in [1.54, 1.807) is 0 Å². The van der Waals surface area contributed by atoms with E-state index in [1.165, 1.54) is 11.1 Å². The standard InChI is InChI=1S/C16H21NO/c1-5-6-12(2)17-11-13-7-8-15-14(9-13)10-16(3,4)18-15/h1,7-9,12,17H,6,10-11H2,2-4H3. The number of hydrogen-bond acceptors (Lipinski definition) is 2. The van der Waals surface area contributed by atoms with Crippen LogP contribution in [0.3, 0.4) is 0 Å². The van der Waals surface area contributed by atoms with Crippen molar-refractivity contribution in [1.82, 2.24) is 5.32 Å². The van der Waals surface area contributed by atoms with Crippen LogP contribution in [0.1, 0.15) is 38.3 Å². The van der Waals surface area contributed by atoms with E-state index in [2.05, 4.69) is 50.2 Å². The van der Waals surface area contributed by atoms with Crippen LogP contribution in [0.4, 0.5) is 0 Å². The van der Waals surface area contributed by atoms with Crippen molar-refractivity contribution < 1.29 is 4.74 Å². The summed E-state index contributed by atoms with van der Waals surface area (Å²) in [4.78, 5) is 0. The van der Waals surface area contributed by atoms with Crippen molar-refractivity contribution in [2.75, 3.05) is 0 Å². The highest BCUT2D eigenvalue weighted by Gasteiger charge is 2.29. The largest absolute Gasteiger partial charge is 0.487 e. The first kappa shape index (κ1) is 13.0. The Kier molecular flexibility index (Phi) is 3.63. The Balaban J connectivity index is 1.99. The van der Waals surface area contributed by atoms with Gasteiger partial charge in [-0.05, 0) is 38.0 Å². The molecule has 0 bridgehead atoms. The molecule has 0 fully saturated rings. The van der Waals surface area contributed by atoms with Crippen molar-refractivity contribution in [2.45, 2.75) is 51.8 Å². The topological polar surface area (TPSA) is 21.3 Å². The molecule has 18 heavy (non-hydrogen) atoms. The van der Waals surface area contributed by atoms with E-state index < -0.39 is 0 Å². The van der Waals surface area contributed by atoms with Gasteiger partial charge in [0.15, 0.2) is 0 Å². The predicted molar refractivity (Wildman–Crippen MR) is 74.6 cm³/mol. The molecular weight excluding hydrogens is 222 g/mol. The quantitative estimate of drug-likeness (QED) is 0.821. The molecule has 1 aliphatic heterocycles. The van der Waals surface area contributed by atoms with Crippen LogP contribution >= 0.6 is 0 Å². The van der Waals surface area contributed by atoms with Crippen LogP contribution in [-0.2, 0) is 13.0 Å². The van der Waals surface area contributed by atoms with Gasteiger partial charge < -0.3 is 10.1 Å². The van der Waals surface area contributed by atoms with Crippen LogP contribution in [0.15, 0.2) is 18.2 Å². The van der Waals surface area contributed by atoms with Gasteiger partial charge in [-0.2, -0.15) is 0 Å². The Labute approximate surface area is 110 Å². The van der Waals surface area contributed by atoms with Crippen molar-refractivity contribution >= 4 is 0 Å². The van der Waals surface area contributed by atoms with E-state index in [-0.39, 0.29) is 5.60 Å². The molecule has 1 aliphatic rings. The second-order valence-electron chi connectivity index (χ2n) is 5.67. The second-order valence-corrected chi connectivity index (χ2v) is 5.67. The molecule has 0 aliphatic carbocycles. The van der Waals surface area contributed by atoms with E-state index in [4.69, 9.17) is 11.2 Å². The molecule has 0 spiro atoms. The average molecular weight is 243 g/mol. The van der Waals surface area contributed by atoms with E-state index >= 15 is 0 Å². The highest BCUT2D eigenvalue weighted by Crippen LogP contribution is 2.35. The fourth-order valence-corrected chi connectivity index (χ4v) is 2.31. The number of hydrogen-bond donors (Lipinski definition) is 1. The van der Waals surface area contributed by atoms with E-state index in [9.17, 15) is 0 Å². The molecule has 0 amide bonds. The van der Waals surface area contributed by atoms with Crippen LogP contribution < -0.4 is 10.1 Å². The first-order valence-corrected chi connectivity index (χ1v) is 6.48. The normalized spacial score (nSPS) is 17.7.